The molecule has 0 atom stereocenters. The summed E-state index contributed by atoms with van der Waals surface area (Å²) < 4.78 is 25.7. The van der Waals surface area contributed by atoms with E-state index in [9.17, 15) is 8.42 Å². The highest BCUT2D eigenvalue weighted by Crippen LogP contribution is 2.24. The Morgan fingerprint density at radius 1 is 1.32 bits per heavy atom. The van der Waals surface area contributed by atoms with E-state index in [-0.39, 0.29) is 5.95 Å². The van der Waals surface area contributed by atoms with Gasteiger partial charge in [-0.25, -0.2) is 13.1 Å². The molecule has 1 N–H and O–H groups in total. The van der Waals surface area contributed by atoms with Crippen molar-refractivity contribution in [2.45, 2.75) is 6.54 Å². The molecule has 0 fully saturated rings. The number of benzene rings is 1. The zero-order valence-electron chi connectivity index (χ0n) is 9.84. The van der Waals surface area contributed by atoms with Gasteiger partial charge >= 0.3 is 0 Å². The number of sulfonamides is 1. The molecule has 0 bridgehead atoms. The van der Waals surface area contributed by atoms with Crippen molar-refractivity contribution in [3.63, 3.8) is 0 Å². The van der Waals surface area contributed by atoms with E-state index in [4.69, 9.17) is 23.2 Å². The molecule has 19 heavy (non-hydrogen) atoms. The van der Waals surface area contributed by atoms with E-state index in [1.165, 1.54) is 11.0 Å². The van der Waals surface area contributed by atoms with E-state index < -0.39 is 10.0 Å². The largest absolute Gasteiger partial charge is 0.255 e. The predicted molar refractivity (Wildman–Crippen MR) is 74.1 cm³/mol. The van der Waals surface area contributed by atoms with Crippen molar-refractivity contribution >= 4 is 39.2 Å². The molecule has 0 saturated carbocycles. The second-order valence-electron chi connectivity index (χ2n) is 3.84. The molecule has 0 radical (unpaired) electrons. The van der Waals surface area contributed by atoms with Crippen LogP contribution < -0.4 is 4.72 Å². The molecular formula is C10H10Cl2N4O2S. The molecule has 6 nitrogen and oxygen atoms in total. The summed E-state index contributed by atoms with van der Waals surface area (Å²) in [7, 11) is -3.39. The molecule has 0 aliphatic rings. The van der Waals surface area contributed by atoms with Crippen LogP contribution in [-0.4, -0.2) is 29.4 Å². The second kappa shape index (κ2) is 5.36. The number of hydrogen-bond donors (Lipinski definition) is 1. The summed E-state index contributed by atoms with van der Waals surface area (Å²) in [5, 5.41) is 5.00. The average molecular weight is 321 g/mol. The molecule has 0 amide bonds. The third-order valence-corrected chi connectivity index (χ3v) is 3.46. The Morgan fingerprint density at radius 2 is 1.95 bits per heavy atom. The van der Waals surface area contributed by atoms with E-state index in [1.807, 2.05) is 0 Å². The SMILES string of the molecule is CS(=O)(=O)Nc1ncn(Cc2c(Cl)cccc2Cl)n1. The van der Waals surface area contributed by atoms with Crippen molar-refractivity contribution in [2.24, 2.45) is 0 Å². The average Bonchev–Trinajstić information content (AvgIpc) is 2.69. The standard InChI is InChI=1S/C10H10Cl2N4O2S/c1-19(17,18)15-10-13-6-16(14-10)5-7-8(11)3-2-4-9(7)12/h2-4,6H,5H2,1H3,(H,14,15). The molecule has 102 valence electrons. The van der Waals surface area contributed by atoms with Crippen LogP contribution in [0.2, 0.25) is 10.0 Å². The normalized spacial score (nSPS) is 11.5. The fourth-order valence-electron chi connectivity index (χ4n) is 1.43. The smallest absolute Gasteiger partial charge is 0.250 e. The second-order valence-corrected chi connectivity index (χ2v) is 6.40. The number of hydrogen-bond acceptors (Lipinski definition) is 4. The van der Waals surface area contributed by atoms with Gasteiger partial charge in [-0.2, -0.15) is 4.98 Å². The van der Waals surface area contributed by atoms with Crippen LogP contribution in [0.1, 0.15) is 5.56 Å². The summed E-state index contributed by atoms with van der Waals surface area (Å²) >= 11 is 12.1. The van der Waals surface area contributed by atoms with E-state index in [2.05, 4.69) is 14.8 Å². The van der Waals surface area contributed by atoms with Gasteiger partial charge in [0.15, 0.2) is 0 Å². The highest BCUT2D eigenvalue weighted by Gasteiger charge is 2.10. The van der Waals surface area contributed by atoms with Gasteiger partial charge in [0.2, 0.25) is 10.0 Å². The summed E-state index contributed by atoms with van der Waals surface area (Å²) in [6, 6.07) is 5.18. The molecule has 0 unspecified atom stereocenters. The lowest BCUT2D eigenvalue weighted by Gasteiger charge is -2.06. The number of nitrogens with one attached hydrogen (secondary N) is 1. The van der Waals surface area contributed by atoms with Crippen LogP contribution in [0.5, 0.6) is 0 Å². The van der Waals surface area contributed by atoms with Crippen molar-refractivity contribution < 1.29 is 8.42 Å². The maximum Gasteiger partial charge on any atom is 0.255 e. The first-order valence-corrected chi connectivity index (χ1v) is 7.80. The Morgan fingerprint density at radius 3 is 2.53 bits per heavy atom. The van der Waals surface area contributed by atoms with Crippen LogP contribution in [0, 0.1) is 0 Å². The van der Waals surface area contributed by atoms with Gasteiger partial charge in [0, 0.05) is 15.6 Å². The van der Waals surface area contributed by atoms with E-state index in [0.29, 0.717) is 22.2 Å². The minimum Gasteiger partial charge on any atom is -0.250 e. The zero-order valence-corrected chi connectivity index (χ0v) is 12.2. The van der Waals surface area contributed by atoms with Gasteiger partial charge < -0.3 is 0 Å². The quantitative estimate of drug-likeness (QED) is 0.934. The molecule has 2 rings (SSSR count). The topological polar surface area (TPSA) is 76.9 Å². The first kappa shape index (κ1) is 14.1. The minimum absolute atomic E-state index is 0.00526. The maximum atomic E-state index is 11.0. The molecule has 2 aromatic rings. The van der Waals surface area contributed by atoms with Gasteiger partial charge in [0.25, 0.3) is 5.95 Å². The molecule has 0 aliphatic carbocycles. The summed E-state index contributed by atoms with van der Waals surface area (Å²) in [5.41, 5.74) is 0.696. The van der Waals surface area contributed by atoms with Crippen LogP contribution in [0.25, 0.3) is 0 Å². The summed E-state index contributed by atoms with van der Waals surface area (Å²) in [5.74, 6) is 0.00526. The minimum atomic E-state index is -3.39. The number of aromatic nitrogens is 3. The van der Waals surface area contributed by atoms with Crippen molar-refractivity contribution in [3.05, 3.63) is 40.1 Å². The van der Waals surface area contributed by atoms with Crippen LogP contribution in [0.15, 0.2) is 24.5 Å². The van der Waals surface area contributed by atoms with Gasteiger partial charge in [0.1, 0.15) is 6.33 Å². The molecule has 9 heteroatoms. The van der Waals surface area contributed by atoms with Gasteiger partial charge in [-0.05, 0) is 12.1 Å². The van der Waals surface area contributed by atoms with E-state index in [1.54, 1.807) is 18.2 Å². The highest BCUT2D eigenvalue weighted by molar-refractivity contribution is 7.91. The molecule has 1 aromatic heterocycles. The van der Waals surface area contributed by atoms with Gasteiger partial charge in [-0.15, -0.1) is 5.10 Å². The Kier molecular flexibility index (Phi) is 3.98. The van der Waals surface area contributed by atoms with Gasteiger partial charge in [-0.3, -0.25) is 4.72 Å². The maximum absolute atomic E-state index is 11.0. The van der Waals surface area contributed by atoms with E-state index >= 15 is 0 Å². The molecular weight excluding hydrogens is 311 g/mol. The first-order chi connectivity index (χ1) is 8.85. The van der Waals surface area contributed by atoms with Crippen molar-refractivity contribution in [2.75, 3.05) is 11.0 Å². The zero-order chi connectivity index (χ0) is 14.0. The number of rotatable bonds is 4. The van der Waals surface area contributed by atoms with Crippen molar-refractivity contribution in [1.82, 2.24) is 14.8 Å². The third kappa shape index (κ3) is 3.82. The Bertz CT molecular complexity index is 679. The fraction of sp³-hybridized carbons (Fsp3) is 0.200. The fourth-order valence-corrected chi connectivity index (χ4v) is 2.37. The number of nitrogens with zero attached hydrogens (tertiary/aromatic N) is 3. The molecule has 0 spiro atoms. The molecule has 0 saturated heterocycles. The van der Waals surface area contributed by atoms with Gasteiger partial charge in [-0.1, -0.05) is 29.3 Å². The Balaban J connectivity index is 2.21. The van der Waals surface area contributed by atoms with Crippen molar-refractivity contribution in [3.8, 4) is 0 Å². The summed E-state index contributed by atoms with van der Waals surface area (Å²) in [6.07, 6.45) is 2.42. The van der Waals surface area contributed by atoms with Crippen molar-refractivity contribution in [1.29, 1.82) is 0 Å². The molecule has 0 aliphatic heterocycles. The highest BCUT2D eigenvalue weighted by atomic mass is 35.5. The molecule has 1 aromatic carbocycles. The number of halogens is 2. The van der Waals surface area contributed by atoms with Crippen LogP contribution >= 0.6 is 23.2 Å². The first-order valence-electron chi connectivity index (χ1n) is 5.15. The van der Waals surface area contributed by atoms with E-state index in [0.717, 1.165) is 6.26 Å². The van der Waals surface area contributed by atoms with Crippen LogP contribution in [0.3, 0.4) is 0 Å². The Labute approximate surface area is 120 Å². The van der Waals surface area contributed by atoms with Crippen LogP contribution in [-0.2, 0) is 16.6 Å². The number of anilines is 1. The third-order valence-electron chi connectivity index (χ3n) is 2.19. The van der Waals surface area contributed by atoms with Gasteiger partial charge in [0.05, 0.1) is 12.8 Å². The lowest BCUT2D eigenvalue weighted by molar-refractivity contribution is 0.606. The molecule has 1 heterocycles. The monoisotopic (exact) mass is 320 g/mol. The summed E-state index contributed by atoms with van der Waals surface area (Å²) in [6.45, 7) is 0.303. The predicted octanol–water partition coefficient (Wildman–Crippen LogP) is 2.00. The lowest BCUT2D eigenvalue weighted by atomic mass is 10.2. The lowest BCUT2D eigenvalue weighted by Crippen LogP contribution is -2.11. The summed E-state index contributed by atoms with van der Waals surface area (Å²) in [4.78, 5) is 3.83. The van der Waals surface area contributed by atoms with Crippen LogP contribution in [0.4, 0.5) is 5.95 Å². The Hall–Kier alpha value is -1.31.